The molecule has 1 unspecified atom stereocenters. The summed E-state index contributed by atoms with van der Waals surface area (Å²) in [6.07, 6.45) is 0.566. The summed E-state index contributed by atoms with van der Waals surface area (Å²) in [6.45, 7) is 7.38. The van der Waals surface area contributed by atoms with Crippen LogP contribution in [0.5, 0.6) is 0 Å². The van der Waals surface area contributed by atoms with E-state index in [9.17, 15) is 14.7 Å². The number of ether oxygens (including phenoxy) is 1. The van der Waals surface area contributed by atoms with Crippen molar-refractivity contribution in [3.63, 3.8) is 0 Å². The molecule has 0 aromatic rings. The number of hydrogen-bond acceptors (Lipinski definition) is 4. The Labute approximate surface area is 107 Å². The van der Waals surface area contributed by atoms with Crippen LogP contribution in [-0.2, 0) is 14.3 Å². The minimum absolute atomic E-state index is 0.127. The van der Waals surface area contributed by atoms with Gasteiger partial charge in [-0.3, -0.25) is 4.79 Å². The standard InChI is InChI=1S/C13H21NO4/c1-5-6-8-10(16)14-13(9(15)7(2)3)11(17)18-12(8,13)4/h7-9,15H,5-6H2,1-4H3,(H,14,16)/t8?,9-,12-,13-/m0/s1. The van der Waals surface area contributed by atoms with Gasteiger partial charge in [0.2, 0.25) is 11.4 Å². The van der Waals surface area contributed by atoms with Gasteiger partial charge in [0, 0.05) is 0 Å². The van der Waals surface area contributed by atoms with E-state index in [0.717, 1.165) is 6.42 Å². The van der Waals surface area contributed by atoms with Gasteiger partial charge in [0.25, 0.3) is 0 Å². The van der Waals surface area contributed by atoms with Gasteiger partial charge in [0.15, 0.2) is 5.60 Å². The number of hydrogen-bond donors (Lipinski definition) is 2. The molecule has 18 heavy (non-hydrogen) atoms. The smallest absolute Gasteiger partial charge is 0.339 e. The van der Waals surface area contributed by atoms with Gasteiger partial charge < -0.3 is 15.2 Å². The molecular formula is C13H21NO4. The van der Waals surface area contributed by atoms with Crippen LogP contribution in [0.3, 0.4) is 0 Å². The number of aliphatic hydroxyl groups excluding tert-OH is 1. The number of carbonyl (C=O) groups is 2. The summed E-state index contributed by atoms with van der Waals surface area (Å²) in [7, 11) is 0. The Balaban J connectivity index is 2.40. The van der Waals surface area contributed by atoms with Crippen LogP contribution in [-0.4, -0.2) is 34.2 Å². The third-order valence-corrected chi connectivity index (χ3v) is 4.36. The van der Waals surface area contributed by atoms with E-state index >= 15 is 0 Å². The van der Waals surface area contributed by atoms with Crippen molar-refractivity contribution in [1.82, 2.24) is 5.32 Å². The lowest BCUT2D eigenvalue weighted by atomic mass is 9.66. The van der Waals surface area contributed by atoms with Crippen molar-refractivity contribution in [3.8, 4) is 0 Å². The summed E-state index contributed by atoms with van der Waals surface area (Å²) in [5, 5.41) is 13.0. The lowest BCUT2D eigenvalue weighted by Crippen LogP contribution is -2.79. The number of carbonyl (C=O) groups excluding carboxylic acids is 2. The number of aliphatic hydroxyl groups is 1. The summed E-state index contributed by atoms with van der Waals surface area (Å²) < 4.78 is 5.28. The lowest BCUT2D eigenvalue weighted by Gasteiger charge is -2.54. The van der Waals surface area contributed by atoms with E-state index in [1.165, 1.54) is 0 Å². The van der Waals surface area contributed by atoms with Crippen molar-refractivity contribution in [2.24, 2.45) is 11.8 Å². The van der Waals surface area contributed by atoms with E-state index in [1.807, 2.05) is 20.8 Å². The summed E-state index contributed by atoms with van der Waals surface area (Å²) in [5.41, 5.74) is -2.17. The normalized spacial score (nSPS) is 40.0. The number of amides is 1. The van der Waals surface area contributed by atoms with E-state index in [2.05, 4.69) is 5.32 Å². The van der Waals surface area contributed by atoms with E-state index in [0.29, 0.717) is 6.42 Å². The van der Waals surface area contributed by atoms with Crippen molar-refractivity contribution >= 4 is 11.9 Å². The molecule has 2 heterocycles. The van der Waals surface area contributed by atoms with Gasteiger partial charge in [-0.05, 0) is 19.3 Å². The van der Waals surface area contributed by atoms with Gasteiger partial charge in [-0.15, -0.1) is 0 Å². The van der Waals surface area contributed by atoms with Crippen molar-refractivity contribution < 1.29 is 19.4 Å². The fourth-order valence-electron chi connectivity index (χ4n) is 3.25. The van der Waals surface area contributed by atoms with Crippen LogP contribution < -0.4 is 5.32 Å². The summed E-state index contributed by atoms with van der Waals surface area (Å²) in [6, 6.07) is 0. The summed E-state index contributed by atoms with van der Waals surface area (Å²) in [5.74, 6) is -1.20. The molecule has 0 aliphatic carbocycles. The lowest BCUT2D eigenvalue weighted by molar-refractivity contribution is -0.238. The van der Waals surface area contributed by atoms with Gasteiger partial charge in [-0.2, -0.15) is 0 Å². The zero-order valence-corrected chi connectivity index (χ0v) is 11.3. The largest absolute Gasteiger partial charge is 0.453 e. The second-order valence-electron chi connectivity index (χ2n) is 5.82. The molecule has 0 saturated carbocycles. The molecule has 5 nitrogen and oxygen atoms in total. The topological polar surface area (TPSA) is 75.6 Å². The molecule has 2 aliphatic heterocycles. The first-order valence-electron chi connectivity index (χ1n) is 6.54. The van der Waals surface area contributed by atoms with Gasteiger partial charge in [0.05, 0.1) is 12.0 Å². The number of rotatable bonds is 4. The molecule has 1 amide bonds. The van der Waals surface area contributed by atoms with Crippen LogP contribution in [0, 0.1) is 11.8 Å². The molecule has 102 valence electrons. The Morgan fingerprint density at radius 3 is 2.50 bits per heavy atom. The maximum absolute atomic E-state index is 12.1. The zero-order valence-electron chi connectivity index (χ0n) is 11.3. The minimum atomic E-state index is -1.25. The highest BCUT2D eigenvalue weighted by Crippen LogP contribution is 2.52. The minimum Gasteiger partial charge on any atom is -0.453 e. The molecule has 4 atom stereocenters. The van der Waals surface area contributed by atoms with Crippen LogP contribution >= 0.6 is 0 Å². The third kappa shape index (κ3) is 1.31. The maximum Gasteiger partial charge on any atom is 0.339 e. The predicted octanol–water partition coefficient (Wildman–Crippen LogP) is 0.604. The van der Waals surface area contributed by atoms with Gasteiger partial charge in [-0.25, -0.2) is 4.79 Å². The van der Waals surface area contributed by atoms with Crippen molar-refractivity contribution in [2.75, 3.05) is 0 Å². The van der Waals surface area contributed by atoms with Crippen LogP contribution in [0.4, 0.5) is 0 Å². The van der Waals surface area contributed by atoms with Crippen molar-refractivity contribution in [2.45, 2.75) is 57.8 Å². The quantitative estimate of drug-likeness (QED) is 0.721. The van der Waals surface area contributed by atoms with E-state index < -0.39 is 23.2 Å². The van der Waals surface area contributed by atoms with Crippen molar-refractivity contribution in [3.05, 3.63) is 0 Å². The van der Waals surface area contributed by atoms with E-state index in [4.69, 9.17) is 4.74 Å². The Morgan fingerprint density at radius 2 is 2.06 bits per heavy atom. The molecule has 2 fully saturated rings. The molecule has 0 bridgehead atoms. The van der Waals surface area contributed by atoms with Crippen LogP contribution in [0.1, 0.15) is 40.5 Å². The molecule has 0 aromatic heterocycles. The molecule has 0 aromatic carbocycles. The van der Waals surface area contributed by atoms with Crippen LogP contribution in [0.15, 0.2) is 0 Å². The van der Waals surface area contributed by atoms with E-state index in [1.54, 1.807) is 6.92 Å². The highest BCUT2D eigenvalue weighted by Gasteiger charge is 2.78. The fraction of sp³-hybridized carbons (Fsp3) is 0.846. The van der Waals surface area contributed by atoms with Gasteiger partial charge in [0.1, 0.15) is 0 Å². The Morgan fingerprint density at radius 1 is 1.44 bits per heavy atom. The second-order valence-corrected chi connectivity index (χ2v) is 5.82. The van der Waals surface area contributed by atoms with Crippen LogP contribution in [0.25, 0.3) is 0 Å². The maximum atomic E-state index is 12.1. The molecule has 2 saturated heterocycles. The molecule has 2 rings (SSSR count). The predicted molar refractivity (Wildman–Crippen MR) is 64.6 cm³/mol. The Bertz CT molecular complexity index is 394. The number of esters is 1. The Hall–Kier alpha value is -1.10. The second kappa shape index (κ2) is 3.95. The SMILES string of the molecule is CCCC1C(=O)N[C@@]2([C@@H](O)C(C)C)C(=O)O[C@@]12C. The first-order valence-corrected chi connectivity index (χ1v) is 6.54. The molecule has 0 radical (unpaired) electrons. The molecule has 0 spiro atoms. The molecule has 2 aliphatic rings. The van der Waals surface area contributed by atoms with Gasteiger partial charge >= 0.3 is 5.97 Å². The number of fused-ring (bicyclic) bond motifs is 1. The third-order valence-electron chi connectivity index (χ3n) is 4.36. The zero-order chi connectivity index (χ0) is 13.7. The molecule has 2 N–H and O–H groups in total. The average Bonchev–Trinajstić information content (AvgIpc) is 2.46. The molecule has 5 heteroatoms. The summed E-state index contributed by atoms with van der Waals surface area (Å²) >= 11 is 0. The average molecular weight is 255 g/mol. The summed E-state index contributed by atoms with van der Waals surface area (Å²) in [4.78, 5) is 23.9. The van der Waals surface area contributed by atoms with E-state index in [-0.39, 0.29) is 17.7 Å². The van der Waals surface area contributed by atoms with Crippen molar-refractivity contribution in [1.29, 1.82) is 0 Å². The van der Waals surface area contributed by atoms with Crippen LogP contribution in [0.2, 0.25) is 0 Å². The molecular weight excluding hydrogens is 234 g/mol. The Kier molecular flexibility index (Phi) is 2.93. The van der Waals surface area contributed by atoms with Gasteiger partial charge in [-0.1, -0.05) is 27.2 Å². The highest BCUT2D eigenvalue weighted by molar-refractivity contribution is 6.01. The fourth-order valence-corrected chi connectivity index (χ4v) is 3.25. The monoisotopic (exact) mass is 255 g/mol. The first kappa shape index (κ1) is 13.3. The number of nitrogens with one attached hydrogen (secondary N) is 1. The highest BCUT2D eigenvalue weighted by atomic mass is 16.6. The first-order chi connectivity index (χ1) is 8.31.